The van der Waals surface area contributed by atoms with Gasteiger partial charge in [0, 0.05) is 6.04 Å². The van der Waals surface area contributed by atoms with E-state index < -0.39 is 0 Å². The van der Waals surface area contributed by atoms with Gasteiger partial charge in [0.1, 0.15) is 4.60 Å². The second-order valence-electron chi connectivity index (χ2n) is 3.80. The number of nitrogens with zero attached hydrogens (tertiary/aromatic N) is 2. The smallest absolute Gasteiger partial charge is 0.172 e. The molecule has 0 saturated heterocycles. The van der Waals surface area contributed by atoms with Gasteiger partial charge in [0.25, 0.3) is 0 Å². The molecule has 0 spiro atoms. The highest BCUT2D eigenvalue weighted by molar-refractivity contribution is 9.10. The van der Waals surface area contributed by atoms with Gasteiger partial charge in [0.05, 0.1) is 12.4 Å². The van der Waals surface area contributed by atoms with Crippen molar-refractivity contribution in [2.24, 2.45) is 0 Å². The lowest BCUT2D eigenvalue weighted by atomic mass is 10.3. The molecule has 86 valence electrons. The molecule has 2 rings (SSSR count). The van der Waals surface area contributed by atoms with Crippen molar-refractivity contribution < 1.29 is 0 Å². The number of hydrogen-bond donors (Lipinski definition) is 2. The van der Waals surface area contributed by atoms with Crippen LogP contribution in [-0.2, 0) is 0 Å². The SMILES string of the molecule is S=C(Nc1cnc(Br)cn1)NC1CCCC1. The van der Waals surface area contributed by atoms with Crippen LogP contribution in [0, 0.1) is 0 Å². The van der Waals surface area contributed by atoms with Crippen molar-refractivity contribution in [3.05, 3.63) is 17.0 Å². The zero-order chi connectivity index (χ0) is 11.4. The molecular formula is C10H13BrN4S. The second-order valence-corrected chi connectivity index (χ2v) is 5.02. The van der Waals surface area contributed by atoms with E-state index >= 15 is 0 Å². The van der Waals surface area contributed by atoms with E-state index in [2.05, 4.69) is 36.5 Å². The number of anilines is 1. The Bertz CT molecular complexity index is 362. The Balaban J connectivity index is 1.84. The van der Waals surface area contributed by atoms with Crippen LogP contribution in [0.25, 0.3) is 0 Å². The van der Waals surface area contributed by atoms with E-state index in [-0.39, 0.29) is 0 Å². The Hall–Kier alpha value is -0.750. The lowest BCUT2D eigenvalue weighted by Gasteiger charge is -2.14. The summed E-state index contributed by atoms with van der Waals surface area (Å²) in [6, 6.07) is 0.517. The molecule has 1 aliphatic rings. The third-order valence-corrected chi connectivity index (χ3v) is 3.18. The maximum atomic E-state index is 5.20. The second kappa shape index (κ2) is 5.54. The van der Waals surface area contributed by atoms with Gasteiger partial charge in [-0.25, -0.2) is 9.97 Å². The Morgan fingerprint density at radius 3 is 2.69 bits per heavy atom. The Labute approximate surface area is 108 Å². The Kier molecular flexibility index (Phi) is 4.06. The summed E-state index contributed by atoms with van der Waals surface area (Å²) in [5.41, 5.74) is 0. The molecule has 0 unspecified atom stereocenters. The minimum Gasteiger partial charge on any atom is -0.360 e. The molecule has 1 aromatic rings. The fourth-order valence-corrected chi connectivity index (χ4v) is 2.26. The summed E-state index contributed by atoms with van der Waals surface area (Å²) < 4.78 is 0.715. The summed E-state index contributed by atoms with van der Waals surface area (Å²) in [7, 11) is 0. The standard InChI is InChI=1S/C10H13BrN4S/c11-8-5-13-9(6-12-8)15-10(16)14-7-3-1-2-4-7/h5-7H,1-4H2,(H2,13,14,15,16). The molecule has 1 aliphatic carbocycles. The minimum absolute atomic E-state index is 0.517. The van der Waals surface area contributed by atoms with Crippen LogP contribution in [0.4, 0.5) is 5.82 Å². The van der Waals surface area contributed by atoms with Gasteiger partial charge < -0.3 is 10.6 Å². The van der Waals surface area contributed by atoms with Crippen molar-refractivity contribution in [3.8, 4) is 0 Å². The average molecular weight is 301 g/mol. The summed E-state index contributed by atoms with van der Waals surface area (Å²) in [6.45, 7) is 0. The molecule has 6 heteroatoms. The van der Waals surface area contributed by atoms with E-state index in [1.807, 2.05) is 0 Å². The molecule has 16 heavy (non-hydrogen) atoms. The van der Waals surface area contributed by atoms with Crippen molar-refractivity contribution in [2.75, 3.05) is 5.32 Å². The zero-order valence-electron chi connectivity index (χ0n) is 8.74. The van der Waals surface area contributed by atoms with Gasteiger partial charge in [0.15, 0.2) is 10.9 Å². The predicted octanol–water partition coefficient (Wildman–Crippen LogP) is 2.47. The number of thiocarbonyl (C=S) groups is 1. The number of halogens is 1. The number of hydrogen-bond acceptors (Lipinski definition) is 3. The molecule has 0 radical (unpaired) electrons. The van der Waals surface area contributed by atoms with Crippen LogP contribution < -0.4 is 10.6 Å². The maximum Gasteiger partial charge on any atom is 0.172 e. The molecular weight excluding hydrogens is 288 g/mol. The van der Waals surface area contributed by atoms with Crippen LogP contribution in [-0.4, -0.2) is 21.1 Å². The lowest BCUT2D eigenvalue weighted by molar-refractivity contribution is 0.634. The molecule has 0 amide bonds. The van der Waals surface area contributed by atoms with E-state index in [0.29, 0.717) is 21.6 Å². The molecule has 1 fully saturated rings. The first-order chi connectivity index (χ1) is 7.74. The zero-order valence-corrected chi connectivity index (χ0v) is 11.1. The van der Waals surface area contributed by atoms with Gasteiger partial charge >= 0.3 is 0 Å². The van der Waals surface area contributed by atoms with Crippen LogP contribution in [0.2, 0.25) is 0 Å². The third-order valence-electron chi connectivity index (χ3n) is 2.55. The monoisotopic (exact) mass is 300 g/mol. The fourth-order valence-electron chi connectivity index (χ4n) is 1.78. The van der Waals surface area contributed by atoms with Gasteiger partial charge in [0.2, 0.25) is 0 Å². The van der Waals surface area contributed by atoms with E-state index in [4.69, 9.17) is 12.2 Å². The maximum absolute atomic E-state index is 5.20. The van der Waals surface area contributed by atoms with Gasteiger partial charge in [-0.15, -0.1) is 0 Å². The van der Waals surface area contributed by atoms with Crippen molar-refractivity contribution in [3.63, 3.8) is 0 Å². The van der Waals surface area contributed by atoms with Crippen molar-refractivity contribution in [1.82, 2.24) is 15.3 Å². The topological polar surface area (TPSA) is 49.8 Å². The van der Waals surface area contributed by atoms with Gasteiger partial charge in [-0.05, 0) is 41.0 Å². The van der Waals surface area contributed by atoms with Crippen LogP contribution >= 0.6 is 28.1 Å². The van der Waals surface area contributed by atoms with Gasteiger partial charge in [-0.3, -0.25) is 0 Å². The number of aromatic nitrogens is 2. The molecule has 0 atom stereocenters. The Morgan fingerprint density at radius 2 is 2.06 bits per heavy atom. The summed E-state index contributed by atoms with van der Waals surface area (Å²) in [5.74, 6) is 0.665. The van der Waals surface area contributed by atoms with Crippen molar-refractivity contribution >= 4 is 39.1 Å². The molecule has 2 N–H and O–H groups in total. The molecule has 0 aromatic carbocycles. The largest absolute Gasteiger partial charge is 0.360 e. The highest BCUT2D eigenvalue weighted by Gasteiger charge is 2.15. The third kappa shape index (κ3) is 3.38. The highest BCUT2D eigenvalue weighted by Crippen LogP contribution is 2.17. The number of nitrogens with one attached hydrogen (secondary N) is 2. The van der Waals surface area contributed by atoms with Crippen molar-refractivity contribution in [2.45, 2.75) is 31.7 Å². The van der Waals surface area contributed by atoms with E-state index in [0.717, 1.165) is 0 Å². The predicted molar refractivity (Wildman–Crippen MR) is 71.3 cm³/mol. The lowest BCUT2D eigenvalue weighted by Crippen LogP contribution is -2.36. The first kappa shape index (κ1) is 11.7. The first-order valence-corrected chi connectivity index (χ1v) is 6.49. The van der Waals surface area contributed by atoms with E-state index in [9.17, 15) is 0 Å². The van der Waals surface area contributed by atoms with Crippen LogP contribution in [0.5, 0.6) is 0 Å². The summed E-state index contributed by atoms with van der Waals surface area (Å²) in [5, 5.41) is 6.93. The van der Waals surface area contributed by atoms with Gasteiger partial charge in [-0.1, -0.05) is 12.8 Å². The highest BCUT2D eigenvalue weighted by atomic mass is 79.9. The molecule has 1 aromatic heterocycles. The summed E-state index contributed by atoms with van der Waals surface area (Å²) in [6.07, 6.45) is 8.27. The number of rotatable bonds is 2. The molecule has 1 saturated carbocycles. The molecule has 4 nitrogen and oxygen atoms in total. The van der Waals surface area contributed by atoms with Crippen LogP contribution in [0.15, 0.2) is 17.0 Å². The fraction of sp³-hybridized carbons (Fsp3) is 0.500. The molecule has 1 heterocycles. The van der Waals surface area contributed by atoms with Crippen LogP contribution in [0.3, 0.4) is 0 Å². The summed E-state index contributed by atoms with van der Waals surface area (Å²) >= 11 is 8.44. The average Bonchev–Trinajstić information content (AvgIpc) is 2.74. The Morgan fingerprint density at radius 1 is 1.31 bits per heavy atom. The first-order valence-electron chi connectivity index (χ1n) is 5.29. The van der Waals surface area contributed by atoms with Crippen molar-refractivity contribution in [1.29, 1.82) is 0 Å². The minimum atomic E-state index is 0.517. The normalized spacial score (nSPS) is 16.1. The van der Waals surface area contributed by atoms with Gasteiger partial charge in [-0.2, -0.15) is 0 Å². The quantitative estimate of drug-likeness (QED) is 0.822. The molecule has 0 bridgehead atoms. The van der Waals surface area contributed by atoms with E-state index in [1.165, 1.54) is 25.7 Å². The van der Waals surface area contributed by atoms with E-state index in [1.54, 1.807) is 12.4 Å². The summed E-state index contributed by atoms with van der Waals surface area (Å²) in [4.78, 5) is 8.21. The van der Waals surface area contributed by atoms with Crippen LogP contribution in [0.1, 0.15) is 25.7 Å². The molecule has 0 aliphatic heterocycles.